The van der Waals surface area contributed by atoms with Gasteiger partial charge in [-0.2, -0.15) is 0 Å². The Hall–Kier alpha value is -2.04. The Morgan fingerprint density at radius 2 is 1.93 bits per heavy atom. The van der Waals surface area contributed by atoms with Crippen molar-refractivity contribution in [2.75, 3.05) is 19.8 Å². The summed E-state index contributed by atoms with van der Waals surface area (Å²) in [7, 11) is 0. The van der Waals surface area contributed by atoms with E-state index < -0.39 is 0 Å². The number of carbonyl (C=O) groups is 2. The Morgan fingerprint density at radius 1 is 1.19 bits per heavy atom. The summed E-state index contributed by atoms with van der Waals surface area (Å²) in [4.78, 5) is 26.9. The number of carbonyl (C=O) groups excluding carboxylic acids is 2. The van der Waals surface area contributed by atoms with Gasteiger partial charge in [0.2, 0.25) is 5.91 Å². The van der Waals surface area contributed by atoms with E-state index >= 15 is 0 Å². The summed E-state index contributed by atoms with van der Waals surface area (Å²) < 4.78 is 11.3. The van der Waals surface area contributed by atoms with Gasteiger partial charge in [-0.25, -0.2) is 0 Å². The van der Waals surface area contributed by atoms with Gasteiger partial charge in [0.05, 0.1) is 6.04 Å². The molecule has 27 heavy (non-hydrogen) atoms. The summed E-state index contributed by atoms with van der Waals surface area (Å²) in [6.45, 7) is 7.88. The molecule has 0 spiro atoms. The predicted molar refractivity (Wildman–Crippen MR) is 102 cm³/mol. The van der Waals surface area contributed by atoms with Crippen LogP contribution in [0, 0.1) is 17.3 Å². The average Bonchev–Trinajstić information content (AvgIpc) is 3.13. The summed E-state index contributed by atoms with van der Waals surface area (Å²) in [6, 6.07) is 6.16. The molecule has 2 aliphatic heterocycles. The van der Waals surface area contributed by atoms with E-state index in [0.29, 0.717) is 25.6 Å². The van der Waals surface area contributed by atoms with Crippen LogP contribution in [0.5, 0.6) is 11.5 Å². The zero-order valence-corrected chi connectivity index (χ0v) is 16.5. The van der Waals surface area contributed by atoms with Gasteiger partial charge in [-0.15, -0.1) is 0 Å². The minimum Gasteiger partial charge on any atom is -0.486 e. The number of hydrogen-bond donors (Lipinski definition) is 0. The lowest BCUT2D eigenvalue weighted by molar-refractivity contribution is -0.145. The molecule has 0 aromatic heterocycles. The smallest absolute Gasteiger partial charge is 0.223 e. The van der Waals surface area contributed by atoms with Crippen LogP contribution in [-0.4, -0.2) is 36.3 Å². The average molecular weight is 371 g/mol. The van der Waals surface area contributed by atoms with E-state index in [1.807, 2.05) is 17.0 Å². The third-order valence-corrected chi connectivity index (χ3v) is 6.91. The minimum absolute atomic E-state index is 0.0757. The van der Waals surface area contributed by atoms with Crippen LogP contribution >= 0.6 is 0 Å². The quantitative estimate of drug-likeness (QED) is 0.809. The minimum atomic E-state index is -0.0757. The number of hydrogen-bond acceptors (Lipinski definition) is 4. The normalized spacial score (nSPS) is 28.6. The molecular weight excluding hydrogens is 342 g/mol. The van der Waals surface area contributed by atoms with Gasteiger partial charge in [0.25, 0.3) is 0 Å². The molecule has 1 aromatic rings. The van der Waals surface area contributed by atoms with Crippen LogP contribution in [0.1, 0.15) is 58.1 Å². The lowest BCUT2D eigenvalue weighted by atomic mass is 9.52. The topological polar surface area (TPSA) is 55.8 Å². The maximum atomic E-state index is 13.1. The van der Waals surface area contributed by atoms with Gasteiger partial charge in [-0.3, -0.25) is 9.59 Å². The standard InChI is InChI=1S/C22H29NO4/c1-14(24)17-12-16(22(17,2)3)13-21(25)23-8-4-5-18(23)15-6-7-19-20(11-15)27-10-9-26-19/h6-7,11,16-18H,4-5,8-10,12-13H2,1-3H3/t16-,17+,18?/m1/s1. The highest BCUT2D eigenvalue weighted by atomic mass is 16.6. The molecule has 1 saturated heterocycles. The van der Waals surface area contributed by atoms with Crippen molar-refractivity contribution in [3.8, 4) is 11.5 Å². The zero-order chi connectivity index (χ0) is 19.2. The Kier molecular flexibility index (Phi) is 4.65. The highest BCUT2D eigenvalue weighted by Gasteiger charge is 2.51. The number of ketones is 1. The van der Waals surface area contributed by atoms with Crippen LogP contribution in [-0.2, 0) is 9.59 Å². The molecule has 0 N–H and O–H groups in total. The molecular formula is C22H29NO4. The number of likely N-dealkylation sites (tertiary alicyclic amines) is 1. The Labute approximate surface area is 161 Å². The van der Waals surface area contributed by atoms with Gasteiger partial charge in [0.15, 0.2) is 11.5 Å². The van der Waals surface area contributed by atoms with Crippen LogP contribution in [0.2, 0.25) is 0 Å². The molecule has 5 nitrogen and oxygen atoms in total. The molecule has 1 saturated carbocycles. The fraction of sp³-hybridized carbons (Fsp3) is 0.636. The molecule has 2 heterocycles. The molecule has 5 heteroatoms. The summed E-state index contributed by atoms with van der Waals surface area (Å²) in [5.74, 6) is 2.42. The molecule has 0 radical (unpaired) electrons. The highest BCUT2D eigenvalue weighted by Crippen LogP contribution is 2.53. The zero-order valence-electron chi connectivity index (χ0n) is 16.5. The summed E-state index contributed by atoms with van der Waals surface area (Å²) in [5, 5.41) is 0. The van der Waals surface area contributed by atoms with E-state index in [-0.39, 0.29) is 29.1 Å². The Morgan fingerprint density at radius 3 is 2.63 bits per heavy atom. The second-order valence-corrected chi connectivity index (χ2v) is 8.77. The second-order valence-electron chi connectivity index (χ2n) is 8.77. The number of ether oxygens (including phenoxy) is 2. The van der Waals surface area contributed by atoms with Crippen molar-refractivity contribution in [1.29, 1.82) is 0 Å². The molecule has 0 bridgehead atoms. The largest absolute Gasteiger partial charge is 0.486 e. The maximum Gasteiger partial charge on any atom is 0.223 e. The van der Waals surface area contributed by atoms with Gasteiger partial charge < -0.3 is 14.4 Å². The van der Waals surface area contributed by atoms with Gasteiger partial charge in [-0.05, 0) is 55.2 Å². The molecule has 3 aliphatic rings. The molecule has 1 aromatic carbocycles. The predicted octanol–water partition coefficient (Wildman–Crippen LogP) is 3.76. The number of Topliss-reactive ketones (excluding diaryl/α,β-unsaturated/α-hetero) is 1. The van der Waals surface area contributed by atoms with Crippen molar-refractivity contribution in [2.24, 2.45) is 17.3 Å². The van der Waals surface area contributed by atoms with E-state index in [4.69, 9.17) is 9.47 Å². The van der Waals surface area contributed by atoms with Crippen LogP contribution < -0.4 is 9.47 Å². The first-order valence-electron chi connectivity index (χ1n) is 10.1. The fourth-order valence-electron chi connectivity index (χ4n) is 5.06. The number of nitrogens with zero attached hydrogens (tertiary/aromatic N) is 1. The molecule has 3 atom stereocenters. The van der Waals surface area contributed by atoms with Gasteiger partial charge in [0, 0.05) is 18.9 Å². The van der Waals surface area contributed by atoms with Crippen LogP contribution in [0.15, 0.2) is 18.2 Å². The Bertz CT molecular complexity index is 757. The van der Waals surface area contributed by atoms with Crippen molar-refractivity contribution < 1.29 is 19.1 Å². The van der Waals surface area contributed by atoms with E-state index in [1.54, 1.807) is 6.92 Å². The Balaban J connectivity index is 1.46. The third-order valence-electron chi connectivity index (χ3n) is 6.91. The van der Waals surface area contributed by atoms with Crippen molar-refractivity contribution in [3.05, 3.63) is 23.8 Å². The molecule has 2 fully saturated rings. The van der Waals surface area contributed by atoms with E-state index in [2.05, 4.69) is 19.9 Å². The SMILES string of the molecule is CC(=O)[C@@H]1C[C@H](CC(=O)N2CCCC2c2ccc3c(c2)OCCO3)C1(C)C. The maximum absolute atomic E-state index is 13.1. The van der Waals surface area contributed by atoms with Gasteiger partial charge in [-0.1, -0.05) is 19.9 Å². The first-order chi connectivity index (χ1) is 12.9. The van der Waals surface area contributed by atoms with Crippen molar-refractivity contribution in [2.45, 2.75) is 52.5 Å². The highest BCUT2D eigenvalue weighted by molar-refractivity contribution is 5.82. The molecule has 1 amide bonds. The van der Waals surface area contributed by atoms with Gasteiger partial charge in [0.1, 0.15) is 19.0 Å². The lowest BCUT2D eigenvalue weighted by Crippen LogP contribution is -2.50. The number of fused-ring (bicyclic) bond motifs is 1. The lowest BCUT2D eigenvalue weighted by Gasteiger charge is -2.51. The number of amides is 1. The number of benzene rings is 1. The summed E-state index contributed by atoms with van der Waals surface area (Å²) >= 11 is 0. The number of rotatable bonds is 4. The van der Waals surface area contributed by atoms with E-state index in [9.17, 15) is 9.59 Å². The van der Waals surface area contributed by atoms with E-state index in [0.717, 1.165) is 42.9 Å². The first-order valence-corrected chi connectivity index (χ1v) is 10.1. The summed E-state index contributed by atoms with van der Waals surface area (Å²) in [6.07, 6.45) is 3.39. The van der Waals surface area contributed by atoms with Crippen molar-refractivity contribution in [1.82, 2.24) is 4.90 Å². The van der Waals surface area contributed by atoms with Crippen molar-refractivity contribution in [3.63, 3.8) is 0 Å². The molecule has 4 rings (SSSR count). The first kappa shape index (κ1) is 18.3. The van der Waals surface area contributed by atoms with Gasteiger partial charge >= 0.3 is 0 Å². The third kappa shape index (κ3) is 3.21. The van der Waals surface area contributed by atoms with Crippen LogP contribution in [0.4, 0.5) is 0 Å². The monoisotopic (exact) mass is 371 g/mol. The van der Waals surface area contributed by atoms with Crippen molar-refractivity contribution >= 4 is 11.7 Å². The fourth-order valence-corrected chi connectivity index (χ4v) is 5.06. The van der Waals surface area contributed by atoms with Crippen LogP contribution in [0.3, 0.4) is 0 Å². The second kappa shape index (κ2) is 6.84. The molecule has 146 valence electrons. The summed E-state index contributed by atoms with van der Waals surface area (Å²) in [5.41, 5.74) is 1.05. The van der Waals surface area contributed by atoms with E-state index in [1.165, 1.54) is 0 Å². The molecule has 1 aliphatic carbocycles. The molecule has 1 unspecified atom stereocenters. The van der Waals surface area contributed by atoms with Crippen LogP contribution in [0.25, 0.3) is 0 Å².